The summed E-state index contributed by atoms with van der Waals surface area (Å²) < 4.78 is 5.65. The number of benzene rings is 1. The maximum absolute atomic E-state index is 12.3. The second-order valence-electron chi connectivity index (χ2n) is 5.85. The van der Waals surface area contributed by atoms with Crippen LogP contribution in [0.2, 0.25) is 0 Å². The zero-order valence-electron chi connectivity index (χ0n) is 11.8. The summed E-state index contributed by atoms with van der Waals surface area (Å²) in [5, 5.41) is 3.09. The van der Waals surface area contributed by atoms with E-state index in [9.17, 15) is 4.79 Å². The molecule has 1 aliphatic heterocycles. The van der Waals surface area contributed by atoms with E-state index in [4.69, 9.17) is 10.5 Å². The van der Waals surface area contributed by atoms with Gasteiger partial charge in [-0.15, -0.1) is 0 Å². The smallest absolute Gasteiger partial charge is 0.251 e. The minimum absolute atomic E-state index is 0.0276. The number of nitrogens with two attached hydrogens (primary N) is 1. The van der Waals surface area contributed by atoms with E-state index in [1.165, 1.54) is 0 Å². The molecule has 1 saturated heterocycles. The molecule has 1 aromatic carbocycles. The van der Waals surface area contributed by atoms with E-state index < -0.39 is 0 Å². The molecular weight excluding hydrogens is 240 g/mol. The van der Waals surface area contributed by atoms with Gasteiger partial charge in [-0.2, -0.15) is 0 Å². The van der Waals surface area contributed by atoms with Crippen LogP contribution in [0.4, 0.5) is 5.69 Å². The highest BCUT2D eigenvalue weighted by atomic mass is 16.5. The molecule has 1 aromatic rings. The Labute approximate surface area is 114 Å². The Bertz CT molecular complexity index is 483. The monoisotopic (exact) mass is 262 g/mol. The van der Waals surface area contributed by atoms with E-state index in [0.717, 1.165) is 18.4 Å². The second kappa shape index (κ2) is 5.21. The van der Waals surface area contributed by atoms with Crippen LogP contribution in [0.3, 0.4) is 0 Å². The Morgan fingerprint density at radius 1 is 1.47 bits per heavy atom. The topological polar surface area (TPSA) is 64.4 Å². The molecule has 4 nitrogen and oxygen atoms in total. The minimum atomic E-state index is -0.160. The lowest BCUT2D eigenvalue weighted by Gasteiger charge is -2.35. The van der Waals surface area contributed by atoms with Gasteiger partial charge < -0.3 is 15.8 Å². The fourth-order valence-corrected chi connectivity index (χ4v) is 2.56. The molecule has 0 aliphatic carbocycles. The van der Waals surface area contributed by atoms with E-state index in [2.05, 4.69) is 19.2 Å². The van der Waals surface area contributed by atoms with Gasteiger partial charge in [0.15, 0.2) is 0 Å². The predicted octanol–water partition coefficient (Wildman–Crippen LogP) is 2.26. The lowest BCUT2D eigenvalue weighted by molar-refractivity contribution is -0.0615. The molecule has 19 heavy (non-hydrogen) atoms. The third-order valence-electron chi connectivity index (χ3n) is 3.53. The van der Waals surface area contributed by atoms with Gasteiger partial charge in [-0.1, -0.05) is 0 Å². The Morgan fingerprint density at radius 2 is 2.21 bits per heavy atom. The van der Waals surface area contributed by atoms with Gasteiger partial charge in [0.25, 0.3) is 5.91 Å². The van der Waals surface area contributed by atoms with Crippen LogP contribution in [-0.4, -0.2) is 24.2 Å². The number of anilines is 1. The SMILES string of the molecule is Cc1cc(N)ccc1C(=O)NC1CCOC(C)(C)C1. The molecule has 1 aliphatic rings. The summed E-state index contributed by atoms with van der Waals surface area (Å²) in [7, 11) is 0. The van der Waals surface area contributed by atoms with Crippen molar-refractivity contribution in [3.05, 3.63) is 29.3 Å². The van der Waals surface area contributed by atoms with Gasteiger partial charge in [-0.05, 0) is 57.4 Å². The molecule has 4 heteroatoms. The zero-order chi connectivity index (χ0) is 14.0. The normalized spacial score (nSPS) is 21.9. The van der Waals surface area contributed by atoms with Gasteiger partial charge >= 0.3 is 0 Å². The van der Waals surface area contributed by atoms with Crippen molar-refractivity contribution in [2.75, 3.05) is 12.3 Å². The molecule has 1 heterocycles. The van der Waals surface area contributed by atoms with Crippen LogP contribution in [-0.2, 0) is 4.74 Å². The number of carbonyl (C=O) groups excluding carboxylic acids is 1. The fourth-order valence-electron chi connectivity index (χ4n) is 2.56. The van der Waals surface area contributed by atoms with Gasteiger partial charge in [0.2, 0.25) is 0 Å². The van der Waals surface area contributed by atoms with Crippen molar-refractivity contribution in [3.8, 4) is 0 Å². The van der Waals surface area contributed by atoms with E-state index >= 15 is 0 Å². The molecule has 0 radical (unpaired) electrons. The van der Waals surface area contributed by atoms with Crippen LogP contribution < -0.4 is 11.1 Å². The van der Waals surface area contributed by atoms with Crippen LogP contribution in [0.5, 0.6) is 0 Å². The summed E-state index contributed by atoms with van der Waals surface area (Å²) in [6.07, 6.45) is 1.70. The summed E-state index contributed by atoms with van der Waals surface area (Å²) in [6.45, 7) is 6.71. The van der Waals surface area contributed by atoms with Crippen molar-refractivity contribution in [3.63, 3.8) is 0 Å². The number of rotatable bonds is 2. The number of carbonyl (C=O) groups is 1. The van der Waals surface area contributed by atoms with Crippen LogP contribution in [0.15, 0.2) is 18.2 Å². The van der Waals surface area contributed by atoms with Crippen LogP contribution in [0.25, 0.3) is 0 Å². The largest absolute Gasteiger partial charge is 0.399 e. The Morgan fingerprint density at radius 3 is 2.84 bits per heavy atom. The first-order valence-corrected chi connectivity index (χ1v) is 6.68. The summed E-state index contributed by atoms with van der Waals surface area (Å²) >= 11 is 0. The number of aryl methyl sites for hydroxylation is 1. The Kier molecular flexibility index (Phi) is 3.80. The van der Waals surface area contributed by atoms with Crippen molar-refractivity contribution in [1.82, 2.24) is 5.32 Å². The highest BCUT2D eigenvalue weighted by Crippen LogP contribution is 2.24. The molecular formula is C15H22N2O2. The molecule has 1 amide bonds. The zero-order valence-corrected chi connectivity index (χ0v) is 11.8. The standard InChI is InChI=1S/C15H22N2O2/c1-10-8-11(16)4-5-13(10)14(18)17-12-6-7-19-15(2,3)9-12/h4-5,8,12H,6-7,9,16H2,1-3H3,(H,17,18). The molecule has 3 N–H and O–H groups in total. The van der Waals surface area contributed by atoms with Gasteiger partial charge in [0.1, 0.15) is 0 Å². The van der Waals surface area contributed by atoms with Crippen molar-refractivity contribution >= 4 is 11.6 Å². The van der Waals surface area contributed by atoms with Crippen LogP contribution in [0, 0.1) is 6.92 Å². The fraction of sp³-hybridized carbons (Fsp3) is 0.533. The van der Waals surface area contributed by atoms with Crippen LogP contribution in [0.1, 0.15) is 42.6 Å². The molecule has 0 aromatic heterocycles. The average molecular weight is 262 g/mol. The highest BCUT2D eigenvalue weighted by molar-refractivity contribution is 5.96. The number of nitrogens with one attached hydrogen (secondary N) is 1. The molecule has 1 fully saturated rings. The molecule has 2 rings (SSSR count). The molecule has 0 saturated carbocycles. The minimum Gasteiger partial charge on any atom is -0.399 e. The third-order valence-corrected chi connectivity index (χ3v) is 3.53. The quantitative estimate of drug-likeness (QED) is 0.804. The van der Waals surface area contributed by atoms with Gasteiger partial charge in [0.05, 0.1) is 5.60 Å². The molecule has 1 unspecified atom stereocenters. The molecule has 1 atom stereocenters. The van der Waals surface area contributed by atoms with Crippen molar-refractivity contribution in [1.29, 1.82) is 0 Å². The summed E-state index contributed by atoms with van der Waals surface area (Å²) in [5.41, 5.74) is 7.82. The third kappa shape index (κ3) is 3.47. The maximum atomic E-state index is 12.3. The lowest BCUT2D eigenvalue weighted by atomic mass is 9.93. The number of nitrogen functional groups attached to an aromatic ring is 1. The van der Waals surface area contributed by atoms with Crippen molar-refractivity contribution in [2.24, 2.45) is 0 Å². The summed E-state index contributed by atoms with van der Waals surface area (Å²) in [4.78, 5) is 12.3. The first kappa shape index (κ1) is 13.9. The van der Waals surface area contributed by atoms with E-state index in [1.54, 1.807) is 12.1 Å². The molecule has 0 spiro atoms. The molecule has 0 bridgehead atoms. The first-order valence-electron chi connectivity index (χ1n) is 6.68. The maximum Gasteiger partial charge on any atom is 0.251 e. The Hall–Kier alpha value is -1.55. The summed E-state index contributed by atoms with van der Waals surface area (Å²) in [6, 6.07) is 5.54. The van der Waals surface area contributed by atoms with Gasteiger partial charge in [-0.25, -0.2) is 0 Å². The number of ether oxygens (including phenoxy) is 1. The van der Waals surface area contributed by atoms with Gasteiger partial charge in [-0.3, -0.25) is 4.79 Å². The van der Waals surface area contributed by atoms with Crippen molar-refractivity contribution in [2.45, 2.75) is 45.3 Å². The average Bonchev–Trinajstić information content (AvgIpc) is 2.27. The number of amides is 1. The molecule has 104 valence electrons. The Balaban J connectivity index is 2.04. The first-order chi connectivity index (χ1) is 8.87. The number of hydrogen-bond donors (Lipinski definition) is 2. The second-order valence-corrected chi connectivity index (χ2v) is 5.85. The lowest BCUT2D eigenvalue weighted by Crippen LogP contribution is -2.45. The van der Waals surface area contributed by atoms with E-state index in [1.807, 2.05) is 13.0 Å². The van der Waals surface area contributed by atoms with Gasteiger partial charge in [0, 0.05) is 23.9 Å². The van der Waals surface area contributed by atoms with Crippen molar-refractivity contribution < 1.29 is 9.53 Å². The van der Waals surface area contributed by atoms with Crippen LogP contribution >= 0.6 is 0 Å². The van der Waals surface area contributed by atoms with E-state index in [-0.39, 0.29) is 17.6 Å². The van der Waals surface area contributed by atoms with E-state index in [0.29, 0.717) is 17.9 Å². The summed E-state index contributed by atoms with van der Waals surface area (Å²) in [5.74, 6) is -0.0276. The highest BCUT2D eigenvalue weighted by Gasteiger charge is 2.29. The predicted molar refractivity (Wildman–Crippen MR) is 76.1 cm³/mol. The number of hydrogen-bond acceptors (Lipinski definition) is 3.